The minimum atomic E-state index is 0.0243. The number of nitrogens with one attached hydrogen (secondary N) is 1. The number of benzene rings is 1. The van der Waals surface area contributed by atoms with Gasteiger partial charge in [-0.05, 0) is 17.7 Å². The number of aryl methyl sites for hydroxylation is 1. The van der Waals surface area contributed by atoms with E-state index in [0.29, 0.717) is 6.54 Å². The lowest BCUT2D eigenvalue weighted by molar-refractivity contribution is 0.571. The third-order valence-corrected chi connectivity index (χ3v) is 3.23. The fourth-order valence-electron chi connectivity index (χ4n) is 2.24. The van der Waals surface area contributed by atoms with Crippen LogP contribution < -0.4 is 5.32 Å². The summed E-state index contributed by atoms with van der Waals surface area (Å²) >= 11 is 0. The number of nitrogens with zero attached hydrogens (tertiary/aromatic N) is 4. The molecule has 5 nitrogen and oxygen atoms in total. The monoisotopic (exact) mass is 279 g/mol. The summed E-state index contributed by atoms with van der Waals surface area (Å²) in [6.45, 7) is 0.594. The molecule has 0 amide bonds. The predicted molar refractivity (Wildman–Crippen MR) is 80.4 cm³/mol. The number of aromatic nitrogens is 4. The highest BCUT2D eigenvalue weighted by Crippen LogP contribution is 2.20. The molecule has 0 bridgehead atoms. The molecule has 3 rings (SSSR count). The largest absolute Gasteiger partial charge is 0.298 e. The molecule has 2 aromatic heterocycles. The molecular weight excluding hydrogens is 262 g/mol. The summed E-state index contributed by atoms with van der Waals surface area (Å²) in [5.74, 6) is 0.773. The maximum atomic E-state index is 4.46. The molecule has 0 spiro atoms. The van der Waals surface area contributed by atoms with Crippen molar-refractivity contribution in [3.05, 3.63) is 78.1 Å². The van der Waals surface area contributed by atoms with Crippen molar-refractivity contribution in [3.8, 4) is 0 Å². The average Bonchev–Trinajstić information content (AvgIpc) is 2.95. The van der Waals surface area contributed by atoms with Crippen LogP contribution >= 0.6 is 0 Å². The lowest BCUT2D eigenvalue weighted by Crippen LogP contribution is -2.23. The van der Waals surface area contributed by atoms with Gasteiger partial charge >= 0.3 is 0 Å². The van der Waals surface area contributed by atoms with Gasteiger partial charge in [-0.3, -0.25) is 15.0 Å². The molecule has 5 heteroatoms. The number of rotatable bonds is 5. The Hall–Kier alpha value is -2.53. The predicted octanol–water partition coefficient (Wildman–Crippen LogP) is 2.09. The zero-order valence-corrected chi connectivity index (χ0v) is 11.8. The van der Waals surface area contributed by atoms with Crippen LogP contribution in [0.25, 0.3) is 0 Å². The molecule has 0 aliphatic rings. The van der Waals surface area contributed by atoms with Gasteiger partial charge in [0.2, 0.25) is 0 Å². The summed E-state index contributed by atoms with van der Waals surface area (Å²) in [7, 11) is 1.87. The minimum absolute atomic E-state index is 0.0243. The van der Waals surface area contributed by atoms with Gasteiger partial charge in [-0.1, -0.05) is 36.4 Å². The Morgan fingerprint density at radius 3 is 2.52 bits per heavy atom. The van der Waals surface area contributed by atoms with Crippen molar-refractivity contribution in [2.24, 2.45) is 7.05 Å². The molecule has 106 valence electrons. The first-order valence-electron chi connectivity index (χ1n) is 6.87. The third-order valence-electron chi connectivity index (χ3n) is 3.23. The standard InChI is InChI=1S/C16H17N5/c1-21-12-19-15(20-21)11-18-16(13-7-3-2-4-8-13)14-9-5-6-10-17-14/h2-10,12,16,18H,11H2,1H3/t16-/m0/s1. The van der Waals surface area contributed by atoms with Gasteiger partial charge in [0, 0.05) is 13.2 Å². The Morgan fingerprint density at radius 1 is 1.05 bits per heavy atom. The molecule has 21 heavy (non-hydrogen) atoms. The molecule has 0 unspecified atom stereocenters. The normalized spacial score (nSPS) is 12.2. The number of hydrogen-bond donors (Lipinski definition) is 1. The molecule has 3 aromatic rings. The molecule has 1 aromatic carbocycles. The van der Waals surface area contributed by atoms with E-state index < -0.39 is 0 Å². The van der Waals surface area contributed by atoms with Crippen molar-refractivity contribution in [1.29, 1.82) is 0 Å². The quantitative estimate of drug-likeness (QED) is 0.777. The van der Waals surface area contributed by atoms with E-state index in [1.54, 1.807) is 11.0 Å². The van der Waals surface area contributed by atoms with Crippen LogP contribution in [0.5, 0.6) is 0 Å². The smallest absolute Gasteiger partial charge is 0.164 e. The maximum Gasteiger partial charge on any atom is 0.164 e. The summed E-state index contributed by atoms with van der Waals surface area (Å²) < 4.78 is 1.70. The van der Waals surface area contributed by atoms with Gasteiger partial charge in [0.05, 0.1) is 18.3 Å². The Kier molecular flexibility index (Phi) is 4.02. The van der Waals surface area contributed by atoms with Crippen LogP contribution in [-0.2, 0) is 13.6 Å². The van der Waals surface area contributed by atoms with Gasteiger partial charge in [-0.2, -0.15) is 5.10 Å². The zero-order chi connectivity index (χ0) is 14.5. The average molecular weight is 279 g/mol. The van der Waals surface area contributed by atoms with Crippen molar-refractivity contribution in [2.45, 2.75) is 12.6 Å². The van der Waals surface area contributed by atoms with Gasteiger partial charge in [0.25, 0.3) is 0 Å². The van der Waals surface area contributed by atoms with E-state index in [2.05, 4.69) is 32.5 Å². The molecule has 0 radical (unpaired) electrons. The van der Waals surface area contributed by atoms with Crippen molar-refractivity contribution < 1.29 is 0 Å². The second kappa shape index (κ2) is 6.28. The van der Waals surface area contributed by atoms with E-state index in [1.807, 2.05) is 49.6 Å². The maximum absolute atomic E-state index is 4.46. The van der Waals surface area contributed by atoms with Crippen LogP contribution in [0.15, 0.2) is 61.1 Å². The molecule has 0 saturated heterocycles. The molecule has 1 N–H and O–H groups in total. The highest BCUT2D eigenvalue weighted by molar-refractivity contribution is 5.27. The summed E-state index contributed by atoms with van der Waals surface area (Å²) in [5, 5.41) is 7.77. The van der Waals surface area contributed by atoms with E-state index >= 15 is 0 Å². The van der Waals surface area contributed by atoms with Crippen LogP contribution in [0.3, 0.4) is 0 Å². The van der Waals surface area contributed by atoms with Gasteiger partial charge in [0.15, 0.2) is 5.82 Å². The first kappa shape index (κ1) is 13.5. The second-order valence-electron chi connectivity index (χ2n) is 4.81. The molecule has 2 heterocycles. The first-order chi connectivity index (χ1) is 10.3. The Balaban J connectivity index is 1.83. The van der Waals surface area contributed by atoms with Crippen LogP contribution in [0.2, 0.25) is 0 Å². The molecular formula is C16H17N5. The van der Waals surface area contributed by atoms with Gasteiger partial charge in [-0.15, -0.1) is 0 Å². The van der Waals surface area contributed by atoms with E-state index in [1.165, 1.54) is 5.56 Å². The SMILES string of the molecule is Cn1cnc(CN[C@@H](c2ccccc2)c2ccccn2)n1. The van der Waals surface area contributed by atoms with Crippen molar-refractivity contribution in [3.63, 3.8) is 0 Å². The fraction of sp³-hybridized carbons (Fsp3) is 0.188. The van der Waals surface area contributed by atoms with Gasteiger partial charge in [0.1, 0.15) is 6.33 Å². The lowest BCUT2D eigenvalue weighted by Gasteiger charge is -2.18. The Morgan fingerprint density at radius 2 is 1.86 bits per heavy atom. The molecule has 0 aliphatic carbocycles. The van der Waals surface area contributed by atoms with Crippen LogP contribution in [0, 0.1) is 0 Å². The molecule has 1 atom stereocenters. The van der Waals surface area contributed by atoms with E-state index in [9.17, 15) is 0 Å². The Bertz CT molecular complexity index is 639. The lowest BCUT2D eigenvalue weighted by atomic mass is 10.0. The Labute approximate surface area is 123 Å². The first-order valence-corrected chi connectivity index (χ1v) is 6.87. The highest BCUT2D eigenvalue weighted by Gasteiger charge is 2.15. The number of hydrogen-bond acceptors (Lipinski definition) is 4. The topological polar surface area (TPSA) is 55.6 Å². The third kappa shape index (κ3) is 3.32. The van der Waals surface area contributed by atoms with E-state index in [0.717, 1.165) is 11.5 Å². The molecule has 0 fully saturated rings. The summed E-state index contributed by atoms with van der Waals surface area (Å²) in [6, 6.07) is 16.2. The van der Waals surface area contributed by atoms with Crippen LogP contribution in [0.4, 0.5) is 0 Å². The van der Waals surface area contributed by atoms with Crippen molar-refractivity contribution in [1.82, 2.24) is 25.1 Å². The van der Waals surface area contributed by atoms with Crippen LogP contribution in [0.1, 0.15) is 23.1 Å². The van der Waals surface area contributed by atoms with E-state index in [4.69, 9.17) is 0 Å². The van der Waals surface area contributed by atoms with Gasteiger partial charge in [-0.25, -0.2) is 4.98 Å². The molecule has 0 saturated carbocycles. The highest BCUT2D eigenvalue weighted by atomic mass is 15.3. The zero-order valence-electron chi connectivity index (χ0n) is 11.8. The number of pyridine rings is 1. The second-order valence-corrected chi connectivity index (χ2v) is 4.81. The van der Waals surface area contributed by atoms with E-state index in [-0.39, 0.29) is 6.04 Å². The van der Waals surface area contributed by atoms with Crippen molar-refractivity contribution in [2.75, 3.05) is 0 Å². The summed E-state index contributed by atoms with van der Waals surface area (Å²) in [6.07, 6.45) is 3.52. The van der Waals surface area contributed by atoms with Gasteiger partial charge < -0.3 is 0 Å². The van der Waals surface area contributed by atoms with Crippen molar-refractivity contribution >= 4 is 0 Å². The summed E-state index contributed by atoms with van der Waals surface area (Å²) in [4.78, 5) is 8.71. The fourth-order valence-corrected chi connectivity index (χ4v) is 2.24. The summed E-state index contributed by atoms with van der Waals surface area (Å²) in [5.41, 5.74) is 2.16. The van der Waals surface area contributed by atoms with Crippen LogP contribution in [-0.4, -0.2) is 19.7 Å². The molecule has 0 aliphatic heterocycles. The minimum Gasteiger partial charge on any atom is -0.298 e.